The summed E-state index contributed by atoms with van der Waals surface area (Å²) in [6.07, 6.45) is -0.790. The number of likely N-dealkylation sites (N-methyl/N-ethyl adjacent to an activating group) is 1. The summed E-state index contributed by atoms with van der Waals surface area (Å²) >= 11 is 0. The number of hydrogen-bond donors (Lipinski definition) is 3. The number of imidazole rings is 1. The van der Waals surface area contributed by atoms with Crippen LogP contribution in [-0.2, 0) is 43.9 Å². The van der Waals surface area contributed by atoms with E-state index in [0.29, 0.717) is 17.4 Å². The predicted molar refractivity (Wildman–Crippen MR) is 84.4 cm³/mol. The van der Waals surface area contributed by atoms with Gasteiger partial charge in [0, 0.05) is 51.5 Å². The average molecular weight is 469 g/mol. The van der Waals surface area contributed by atoms with E-state index >= 15 is 0 Å². The number of aromatic nitrogens is 3. The Morgan fingerprint density at radius 2 is 2.00 bits per heavy atom. The fourth-order valence-corrected chi connectivity index (χ4v) is 1.56. The van der Waals surface area contributed by atoms with Gasteiger partial charge in [-0.2, -0.15) is 0 Å². The second kappa shape index (κ2) is 12.4. The Kier molecular flexibility index (Phi) is 11.9. The van der Waals surface area contributed by atoms with Crippen molar-refractivity contribution in [3.8, 4) is 11.6 Å². The summed E-state index contributed by atoms with van der Waals surface area (Å²) in [5.74, 6) is 5.35. The number of hydroxylamine groups is 1. The number of nitrogens with two attached hydrogens (primary N) is 2. The normalized spacial score (nSPS) is 11.3. The molecule has 0 unspecified atom stereocenters. The number of ether oxygens (including phenoxy) is 1. The number of nitrogens with zero attached hydrogens (tertiary/aromatic N) is 5. The molecule has 0 aliphatic rings. The third-order valence-corrected chi connectivity index (χ3v) is 2.78. The summed E-state index contributed by atoms with van der Waals surface area (Å²) < 4.78 is 42.0. The third-order valence-electron chi connectivity index (χ3n) is 2.78. The molecular weight excluding hydrogens is 448 g/mol. The van der Waals surface area contributed by atoms with Crippen molar-refractivity contribution in [3.05, 3.63) is 18.3 Å². The maximum atomic E-state index is 11.1. The van der Waals surface area contributed by atoms with E-state index in [1.807, 2.05) is 14.1 Å². The third kappa shape index (κ3) is 11.4. The van der Waals surface area contributed by atoms with Crippen molar-refractivity contribution in [3.63, 3.8) is 0 Å². The molecule has 151 valence electrons. The summed E-state index contributed by atoms with van der Waals surface area (Å²) in [6, 6.07) is 0. The van der Waals surface area contributed by atoms with Gasteiger partial charge in [0.25, 0.3) is 0 Å². The van der Waals surface area contributed by atoms with Gasteiger partial charge in [-0.05, 0) is 20.4 Å². The van der Waals surface area contributed by atoms with Crippen LogP contribution in [0.5, 0.6) is 0 Å². The molecule has 0 bridgehead atoms. The van der Waals surface area contributed by atoms with Gasteiger partial charge in [0.15, 0.2) is 0 Å². The van der Waals surface area contributed by atoms with Crippen molar-refractivity contribution in [1.29, 1.82) is 0 Å². The smallest absolute Gasteiger partial charge is 0.455 e. The number of alkyl halides is 3. The minimum absolute atomic E-state index is 0. The van der Waals surface area contributed by atoms with Gasteiger partial charge in [-0.1, -0.05) is 0 Å². The van der Waals surface area contributed by atoms with Gasteiger partial charge in [-0.3, -0.25) is 9.94 Å². The van der Waals surface area contributed by atoms with Gasteiger partial charge >= 0.3 is 6.36 Å². The van der Waals surface area contributed by atoms with Crippen LogP contribution in [-0.4, -0.2) is 65.4 Å². The van der Waals surface area contributed by atoms with E-state index < -0.39 is 13.0 Å². The molecule has 5 N–H and O–H groups in total. The van der Waals surface area contributed by atoms with Crippen molar-refractivity contribution in [2.45, 2.75) is 12.8 Å². The van der Waals surface area contributed by atoms with E-state index in [4.69, 9.17) is 15.4 Å². The molecular formula is C13H21F3N7O3Y-. The first-order valence-electron chi connectivity index (χ1n) is 7.33. The van der Waals surface area contributed by atoms with Gasteiger partial charge in [0.1, 0.15) is 6.26 Å². The van der Waals surface area contributed by atoms with E-state index in [-0.39, 0.29) is 44.4 Å². The van der Waals surface area contributed by atoms with E-state index in [0.717, 1.165) is 18.7 Å². The van der Waals surface area contributed by atoms with Crippen molar-refractivity contribution < 1.29 is 60.2 Å². The Balaban J connectivity index is 0.000000539. The van der Waals surface area contributed by atoms with E-state index in [9.17, 15) is 13.2 Å². The monoisotopic (exact) mass is 469 g/mol. The van der Waals surface area contributed by atoms with E-state index in [1.165, 1.54) is 6.33 Å². The summed E-state index contributed by atoms with van der Waals surface area (Å²) in [4.78, 5) is 14.2. The topological polar surface area (TPSA) is 141 Å². The van der Waals surface area contributed by atoms with Gasteiger partial charge in [0.2, 0.25) is 5.89 Å². The van der Waals surface area contributed by atoms with Gasteiger partial charge in [-0.15, -0.1) is 18.3 Å². The molecule has 2 aromatic rings. The Bertz CT molecular complexity index is 649. The number of rotatable bonds is 7. The fourth-order valence-electron chi connectivity index (χ4n) is 1.56. The van der Waals surface area contributed by atoms with Crippen LogP contribution in [0.3, 0.4) is 0 Å². The Labute approximate surface area is 178 Å². The van der Waals surface area contributed by atoms with Gasteiger partial charge < -0.3 is 25.0 Å². The SMILES string of the molecule is CN(C)CCc1coc(-c2nc[n-]c2N)n1.NN(O)CCOC(F)(F)F.[Y]. The maximum absolute atomic E-state index is 11.1. The Morgan fingerprint density at radius 1 is 1.33 bits per heavy atom. The average Bonchev–Trinajstić information content (AvgIpc) is 3.12. The first-order chi connectivity index (χ1) is 12.1. The Morgan fingerprint density at radius 3 is 2.48 bits per heavy atom. The molecule has 0 aliphatic heterocycles. The molecule has 2 heterocycles. The van der Waals surface area contributed by atoms with Crippen LogP contribution in [0.25, 0.3) is 11.6 Å². The first-order valence-corrected chi connectivity index (χ1v) is 7.33. The van der Waals surface area contributed by atoms with Crippen LogP contribution in [0.1, 0.15) is 5.69 Å². The summed E-state index contributed by atoms with van der Waals surface area (Å²) in [6.45, 7) is -0.149. The molecule has 0 amide bonds. The first kappa shape index (κ1) is 25.9. The standard InChI is InChI=1S/C10H14N5O.C3H7F3N2O2.Y/c1-15(2)4-3-7-5-16-10(14-7)8-9(11)13-6-12-8;4-3(5,6)10-2-1-8(7)9;/h5-6H,3-4,11H2,1-2H3;9H,1-2,7H2;/q-1;;. The second-order valence-corrected chi connectivity index (χ2v) is 5.26. The summed E-state index contributed by atoms with van der Waals surface area (Å²) in [5, 5.41) is 8.23. The minimum atomic E-state index is -4.66. The van der Waals surface area contributed by atoms with Crippen LogP contribution < -0.4 is 16.6 Å². The molecule has 10 nitrogen and oxygen atoms in total. The van der Waals surface area contributed by atoms with Crippen molar-refractivity contribution >= 4 is 5.82 Å². The minimum Gasteiger partial charge on any atom is -0.455 e. The zero-order chi connectivity index (χ0) is 19.7. The van der Waals surface area contributed by atoms with Crippen molar-refractivity contribution in [2.75, 3.05) is 39.5 Å². The van der Waals surface area contributed by atoms with Crippen molar-refractivity contribution in [1.82, 2.24) is 25.0 Å². The van der Waals surface area contributed by atoms with Crippen LogP contribution in [0.2, 0.25) is 0 Å². The number of hydrazine groups is 1. The zero-order valence-corrected chi connectivity index (χ0v) is 17.7. The molecule has 0 aliphatic carbocycles. The molecule has 27 heavy (non-hydrogen) atoms. The second-order valence-electron chi connectivity index (χ2n) is 5.26. The van der Waals surface area contributed by atoms with Crippen LogP contribution in [0, 0.1) is 0 Å². The largest absolute Gasteiger partial charge is 0.522 e. The molecule has 0 saturated carbocycles. The van der Waals surface area contributed by atoms with Crippen LogP contribution >= 0.6 is 0 Å². The zero-order valence-electron chi connectivity index (χ0n) is 14.8. The maximum Gasteiger partial charge on any atom is 0.522 e. The van der Waals surface area contributed by atoms with E-state index in [2.05, 4.69) is 30.4 Å². The van der Waals surface area contributed by atoms with Gasteiger partial charge in [-0.25, -0.2) is 10.8 Å². The molecule has 2 rings (SSSR count). The molecule has 0 aromatic carbocycles. The molecule has 0 atom stereocenters. The number of hydrogen-bond acceptors (Lipinski definition) is 9. The molecule has 1 radical (unpaired) electrons. The molecule has 0 spiro atoms. The van der Waals surface area contributed by atoms with Crippen molar-refractivity contribution in [2.24, 2.45) is 5.84 Å². The number of oxazole rings is 1. The molecule has 0 fully saturated rings. The quantitative estimate of drug-likeness (QED) is 0.387. The Hall–Kier alpha value is -1.09. The van der Waals surface area contributed by atoms with E-state index in [1.54, 1.807) is 6.26 Å². The number of nitrogen functional groups attached to an aromatic ring is 1. The van der Waals surface area contributed by atoms with Crippen LogP contribution in [0.15, 0.2) is 17.0 Å². The van der Waals surface area contributed by atoms with Gasteiger partial charge in [0.05, 0.1) is 24.5 Å². The number of halogens is 3. The van der Waals surface area contributed by atoms with Crippen LogP contribution in [0.4, 0.5) is 19.0 Å². The fraction of sp³-hybridized carbons (Fsp3) is 0.538. The predicted octanol–water partition coefficient (Wildman–Crippen LogP) is 0.465. The molecule has 2 aromatic heterocycles. The number of anilines is 1. The molecule has 0 saturated heterocycles. The molecule has 14 heteroatoms. The summed E-state index contributed by atoms with van der Waals surface area (Å²) in [7, 11) is 4.03. The summed E-state index contributed by atoms with van der Waals surface area (Å²) in [5.41, 5.74) is 7.03.